The highest BCUT2D eigenvalue weighted by Gasteiger charge is 2.68. The molecule has 0 spiro atoms. The van der Waals surface area contributed by atoms with Crippen molar-refractivity contribution in [1.82, 2.24) is 15.3 Å². The van der Waals surface area contributed by atoms with E-state index in [-0.39, 0.29) is 58.7 Å². The molecule has 11 heteroatoms. The first-order valence-corrected chi connectivity index (χ1v) is 20.6. The number of carbonyl (C=O) groups excluding carboxylic acids is 4. The van der Waals surface area contributed by atoms with E-state index in [4.69, 9.17) is 16.3 Å². The van der Waals surface area contributed by atoms with Crippen molar-refractivity contribution in [3.8, 4) is 0 Å². The third-order valence-corrected chi connectivity index (χ3v) is 16.0. The van der Waals surface area contributed by atoms with E-state index in [9.17, 15) is 29.1 Å². The monoisotopic (exact) mass is 763 g/mol. The molecule has 54 heavy (non-hydrogen) atoms. The van der Waals surface area contributed by atoms with Gasteiger partial charge in [-0.1, -0.05) is 53.1 Å². The van der Waals surface area contributed by atoms with Gasteiger partial charge >= 0.3 is 11.9 Å². The molecule has 7 rings (SSSR count). The summed E-state index contributed by atoms with van der Waals surface area (Å²) in [6.07, 6.45) is 10.6. The van der Waals surface area contributed by atoms with Crippen LogP contribution in [-0.4, -0.2) is 50.6 Å². The molecule has 8 unspecified atom stereocenters. The third-order valence-electron chi connectivity index (χ3n) is 15.8. The minimum atomic E-state index is -1.19. The van der Waals surface area contributed by atoms with Gasteiger partial charge in [0.05, 0.1) is 22.3 Å². The second-order valence-corrected chi connectivity index (χ2v) is 20.4. The van der Waals surface area contributed by atoms with E-state index in [2.05, 4.69) is 43.0 Å². The molecule has 10 nitrogen and oxygen atoms in total. The molecule has 0 radical (unpaired) electrons. The Bertz CT molecular complexity index is 1810. The fourth-order valence-electron chi connectivity index (χ4n) is 13.0. The third kappa shape index (κ3) is 5.89. The number of ether oxygens (including phenoxy) is 1. The topological polar surface area (TPSA) is 153 Å². The van der Waals surface area contributed by atoms with Crippen molar-refractivity contribution in [2.75, 3.05) is 0 Å². The molecule has 6 aliphatic rings. The van der Waals surface area contributed by atoms with Crippen molar-refractivity contribution in [2.24, 2.45) is 56.7 Å². The van der Waals surface area contributed by atoms with Crippen LogP contribution in [0.25, 0.3) is 0 Å². The molecule has 6 aliphatic carbocycles. The lowest BCUT2D eigenvalue weighted by Crippen LogP contribution is -2.63. The number of amides is 1. The van der Waals surface area contributed by atoms with Gasteiger partial charge in [-0.3, -0.25) is 24.0 Å². The lowest BCUT2D eigenvalue weighted by Gasteiger charge is -2.68. The molecule has 0 bridgehead atoms. The number of rotatable bonds is 9. The second-order valence-electron chi connectivity index (χ2n) is 19.9. The van der Waals surface area contributed by atoms with Crippen molar-refractivity contribution in [2.45, 2.75) is 144 Å². The van der Waals surface area contributed by atoms with Gasteiger partial charge < -0.3 is 15.2 Å². The van der Waals surface area contributed by atoms with Gasteiger partial charge in [-0.2, -0.15) is 0 Å². The maximum atomic E-state index is 14.6. The Labute approximate surface area is 324 Å². The SMILES string of the molecule is CC(C)C1=C2C3CCC4C(C)(CCC5C(C)(C)C(OC(=O)CC(C)(C)C(=O)O)CCC54C)C3CCC2(C(=O)C(=O)NC2(c3ncc(Cl)cn3)CC2)CC1=O. The number of carboxylic acid groups (broad SMARTS) is 1. The standard InChI is InChI=1S/C43H58ClN3O7/c1-23(2)32-27(48)19-42(34(50)35(51)47-43(17-18-43)36-45-21-24(44)22-46-36)16-11-26-25(33(32)42)9-10-29-40(26,7)14-12-28-39(5,6)30(13-15-41(28,29)8)54-31(49)20-38(3,4)37(52)53/h21-23,25-26,28-30H,9-20H2,1-8H3,(H,47,51)(H,52,53). The molecule has 8 atom stereocenters. The highest BCUT2D eigenvalue weighted by atomic mass is 35.5. The van der Waals surface area contributed by atoms with Gasteiger partial charge in [0.25, 0.3) is 5.91 Å². The van der Waals surface area contributed by atoms with Gasteiger partial charge in [-0.25, -0.2) is 9.97 Å². The van der Waals surface area contributed by atoms with Crippen molar-refractivity contribution < 1.29 is 33.8 Å². The Hall–Kier alpha value is -3.14. The number of halogens is 1. The molecule has 0 aromatic carbocycles. The zero-order valence-corrected chi connectivity index (χ0v) is 34.0. The highest BCUT2D eigenvalue weighted by molar-refractivity contribution is 6.40. The van der Waals surface area contributed by atoms with Crippen LogP contribution in [0, 0.1) is 56.7 Å². The molecule has 294 valence electrons. The summed E-state index contributed by atoms with van der Waals surface area (Å²) in [7, 11) is 0. The Morgan fingerprint density at radius 1 is 0.926 bits per heavy atom. The number of nitrogens with zero attached hydrogens (tertiary/aromatic N) is 2. The lowest BCUT2D eigenvalue weighted by molar-refractivity contribution is -0.213. The number of carbonyl (C=O) groups is 5. The summed E-state index contributed by atoms with van der Waals surface area (Å²) >= 11 is 6.03. The number of aliphatic carboxylic acids is 1. The molecule has 0 aliphatic heterocycles. The largest absolute Gasteiger partial charge is 0.481 e. The van der Waals surface area contributed by atoms with Crippen molar-refractivity contribution in [3.63, 3.8) is 0 Å². The quantitative estimate of drug-likeness (QED) is 0.190. The van der Waals surface area contributed by atoms with Crippen LogP contribution in [0.4, 0.5) is 0 Å². The Morgan fingerprint density at radius 2 is 1.57 bits per heavy atom. The first-order chi connectivity index (χ1) is 25.1. The number of hydrogen-bond acceptors (Lipinski definition) is 8. The van der Waals surface area contributed by atoms with Gasteiger partial charge in [-0.15, -0.1) is 0 Å². The fourth-order valence-corrected chi connectivity index (χ4v) is 13.1. The van der Waals surface area contributed by atoms with Crippen molar-refractivity contribution in [1.29, 1.82) is 0 Å². The van der Waals surface area contributed by atoms with E-state index >= 15 is 0 Å². The number of fused-ring (bicyclic) bond motifs is 7. The first kappa shape index (κ1) is 39.1. The van der Waals surface area contributed by atoms with Crippen molar-refractivity contribution >= 4 is 41.0 Å². The molecule has 5 fully saturated rings. The van der Waals surface area contributed by atoms with E-state index in [1.807, 2.05) is 13.8 Å². The molecule has 5 saturated carbocycles. The van der Waals surface area contributed by atoms with Crippen LogP contribution in [0.15, 0.2) is 23.5 Å². The summed E-state index contributed by atoms with van der Waals surface area (Å²) in [6.45, 7) is 16.6. The first-order valence-electron chi connectivity index (χ1n) is 20.2. The van der Waals surface area contributed by atoms with Gasteiger partial charge in [0.15, 0.2) is 11.6 Å². The number of hydrogen-bond donors (Lipinski definition) is 2. The van der Waals surface area contributed by atoms with E-state index in [0.29, 0.717) is 41.9 Å². The molecule has 1 aromatic heterocycles. The number of ketones is 2. The van der Waals surface area contributed by atoms with E-state index < -0.39 is 40.0 Å². The molecule has 1 aromatic rings. The number of carboxylic acids is 1. The number of aromatic nitrogens is 2. The van der Waals surface area contributed by atoms with E-state index in [1.165, 1.54) is 12.4 Å². The van der Waals surface area contributed by atoms with Crippen LogP contribution in [0.2, 0.25) is 5.02 Å². The molecular formula is C43H58ClN3O7. The molecule has 2 N–H and O–H groups in total. The molecular weight excluding hydrogens is 706 g/mol. The molecule has 0 saturated heterocycles. The predicted octanol–water partition coefficient (Wildman–Crippen LogP) is 7.81. The van der Waals surface area contributed by atoms with Crippen LogP contribution in [0.3, 0.4) is 0 Å². The average molecular weight is 764 g/mol. The minimum absolute atomic E-state index is 0.00196. The van der Waals surface area contributed by atoms with Crippen LogP contribution >= 0.6 is 11.6 Å². The van der Waals surface area contributed by atoms with Gasteiger partial charge in [0, 0.05) is 24.2 Å². The second kappa shape index (κ2) is 13.0. The molecule has 1 heterocycles. The summed E-state index contributed by atoms with van der Waals surface area (Å²) in [6, 6.07) is 0. The van der Waals surface area contributed by atoms with E-state index in [1.54, 1.807) is 13.8 Å². The fraction of sp³-hybridized carbons (Fsp3) is 0.744. The summed E-state index contributed by atoms with van der Waals surface area (Å²) < 4.78 is 6.12. The molecule has 1 amide bonds. The zero-order valence-electron chi connectivity index (χ0n) is 33.3. The van der Waals surface area contributed by atoms with Crippen LogP contribution in [0.1, 0.15) is 138 Å². The number of Topliss-reactive ketones (excluding diaryl/α,β-unsaturated/α-hetero) is 2. The van der Waals surface area contributed by atoms with Crippen molar-refractivity contribution in [3.05, 3.63) is 34.4 Å². The Morgan fingerprint density at radius 3 is 2.19 bits per heavy atom. The summed E-state index contributed by atoms with van der Waals surface area (Å²) in [5.74, 6) is -1.17. The maximum absolute atomic E-state index is 14.6. The minimum Gasteiger partial charge on any atom is -0.481 e. The van der Waals surface area contributed by atoms with Crippen LogP contribution < -0.4 is 5.32 Å². The maximum Gasteiger partial charge on any atom is 0.309 e. The highest BCUT2D eigenvalue weighted by Crippen LogP contribution is 2.73. The Balaban J connectivity index is 1.14. The summed E-state index contributed by atoms with van der Waals surface area (Å²) in [5, 5.41) is 13.0. The van der Waals surface area contributed by atoms with Gasteiger partial charge in [-0.05, 0) is 130 Å². The summed E-state index contributed by atoms with van der Waals surface area (Å²) in [4.78, 5) is 76.2. The van der Waals surface area contributed by atoms with E-state index in [0.717, 1.165) is 56.1 Å². The summed E-state index contributed by atoms with van der Waals surface area (Å²) in [5.41, 5.74) is -1.71. The number of esters is 1. The zero-order chi connectivity index (χ0) is 39.4. The average Bonchev–Trinajstić information content (AvgIpc) is 3.78. The van der Waals surface area contributed by atoms with Gasteiger partial charge in [0.2, 0.25) is 5.78 Å². The van der Waals surface area contributed by atoms with Gasteiger partial charge in [0.1, 0.15) is 11.6 Å². The number of nitrogens with one attached hydrogen (secondary N) is 1. The lowest BCUT2D eigenvalue weighted by atomic mass is 9.36. The number of allylic oxidation sites excluding steroid dienone is 2. The van der Waals surface area contributed by atoms with Crippen LogP contribution in [0.5, 0.6) is 0 Å². The Kier molecular flexibility index (Phi) is 9.38. The normalized spacial score (nSPS) is 36.3. The van der Waals surface area contributed by atoms with Crippen LogP contribution in [-0.2, 0) is 34.2 Å². The predicted molar refractivity (Wildman–Crippen MR) is 202 cm³/mol. The smallest absolute Gasteiger partial charge is 0.309 e.